The fourth-order valence-electron chi connectivity index (χ4n) is 1.83. The quantitative estimate of drug-likeness (QED) is 0.547. The second kappa shape index (κ2) is 7.30. The van der Waals surface area contributed by atoms with Crippen molar-refractivity contribution in [2.75, 3.05) is 20.2 Å². The molecule has 0 aliphatic carbocycles. The average molecular weight is 260 g/mol. The van der Waals surface area contributed by atoms with E-state index in [1.807, 2.05) is 0 Å². The van der Waals surface area contributed by atoms with Crippen LogP contribution in [0.4, 0.5) is 0 Å². The van der Waals surface area contributed by atoms with Crippen LogP contribution in [0.25, 0.3) is 0 Å². The first-order valence-electron chi connectivity index (χ1n) is 5.94. The number of aliphatic carboxylic acids is 1. The Morgan fingerprint density at radius 2 is 2.28 bits per heavy atom. The van der Waals surface area contributed by atoms with Crippen molar-refractivity contribution in [3.63, 3.8) is 0 Å². The summed E-state index contributed by atoms with van der Waals surface area (Å²) in [6, 6.07) is 0. The highest BCUT2D eigenvalue weighted by molar-refractivity contribution is 5.81. The zero-order valence-electron chi connectivity index (χ0n) is 10.4. The van der Waals surface area contributed by atoms with E-state index in [0.717, 1.165) is 6.42 Å². The molecule has 1 aliphatic rings. The molecule has 0 radical (unpaired) electrons. The van der Waals surface area contributed by atoms with Crippen LogP contribution < -0.4 is 11.1 Å². The summed E-state index contributed by atoms with van der Waals surface area (Å²) in [4.78, 5) is 22.3. The summed E-state index contributed by atoms with van der Waals surface area (Å²) in [5.74, 6) is -1.20. The van der Waals surface area contributed by atoms with E-state index in [1.165, 1.54) is 7.11 Å². The fraction of sp³-hybridized carbons (Fsp3) is 0.818. The summed E-state index contributed by atoms with van der Waals surface area (Å²) in [7, 11) is 1.41. The molecule has 1 fully saturated rings. The SMILES string of the molecule is COC(CNC(=O)C1CCC(CN)O1)CC(=O)O. The summed E-state index contributed by atoms with van der Waals surface area (Å²) in [6.45, 7) is 0.568. The fourth-order valence-corrected chi connectivity index (χ4v) is 1.83. The maximum Gasteiger partial charge on any atom is 0.306 e. The molecule has 0 saturated carbocycles. The van der Waals surface area contributed by atoms with E-state index in [4.69, 9.17) is 20.3 Å². The minimum absolute atomic E-state index is 0.0574. The third kappa shape index (κ3) is 4.59. The number of carbonyl (C=O) groups excluding carboxylic acids is 1. The first-order valence-corrected chi connectivity index (χ1v) is 5.94. The Morgan fingerprint density at radius 3 is 2.78 bits per heavy atom. The molecule has 1 rings (SSSR count). The smallest absolute Gasteiger partial charge is 0.306 e. The third-order valence-electron chi connectivity index (χ3n) is 2.90. The lowest BCUT2D eigenvalue weighted by Crippen LogP contribution is -2.40. The second-order valence-electron chi connectivity index (χ2n) is 4.26. The molecule has 3 atom stereocenters. The predicted molar refractivity (Wildman–Crippen MR) is 63.0 cm³/mol. The zero-order chi connectivity index (χ0) is 13.5. The molecule has 0 aromatic carbocycles. The Balaban J connectivity index is 2.29. The number of carbonyl (C=O) groups is 2. The van der Waals surface area contributed by atoms with E-state index in [1.54, 1.807) is 0 Å². The molecular formula is C11H20N2O5. The van der Waals surface area contributed by atoms with Gasteiger partial charge < -0.3 is 25.6 Å². The monoisotopic (exact) mass is 260 g/mol. The first-order chi connectivity index (χ1) is 8.56. The standard InChI is InChI=1S/C11H20N2O5/c1-17-8(4-10(14)15)6-13-11(16)9-3-2-7(5-12)18-9/h7-9H,2-6,12H2,1H3,(H,13,16)(H,14,15). The van der Waals surface area contributed by atoms with Gasteiger partial charge in [-0.05, 0) is 12.8 Å². The van der Waals surface area contributed by atoms with E-state index < -0.39 is 18.2 Å². The number of carboxylic acids is 1. The van der Waals surface area contributed by atoms with Gasteiger partial charge in [0.15, 0.2) is 0 Å². The van der Waals surface area contributed by atoms with Crippen molar-refractivity contribution in [3.8, 4) is 0 Å². The molecule has 7 nitrogen and oxygen atoms in total. The Hall–Kier alpha value is -1.18. The van der Waals surface area contributed by atoms with E-state index in [9.17, 15) is 9.59 Å². The number of ether oxygens (including phenoxy) is 2. The van der Waals surface area contributed by atoms with Gasteiger partial charge in [0.25, 0.3) is 0 Å². The second-order valence-corrected chi connectivity index (χ2v) is 4.26. The van der Waals surface area contributed by atoms with Crippen molar-refractivity contribution in [3.05, 3.63) is 0 Å². The highest BCUT2D eigenvalue weighted by atomic mass is 16.5. The van der Waals surface area contributed by atoms with Crippen molar-refractivity contribution in [1.82, 2.24) is 5.32 Å². The molecule has 1 heterocycles. The molecule has 7 heteroatoms. The summed E-state index contributed by atoms with van der Waals surface area (Å²) < 4.78 is 10.4. The number of nitrogens with two attached hydrogens (primary N) is 1. The highest BCUT2D eigenvalue weighted by Gasteiger charge is 2.30. The molecule has 1 amide bonds. The summed E-state index contributed by atoms with van der Waals surface area (Å²) >= 11 is 0. The van der Waals surface area contributed by atoms with Crippen molar-refractivity contribution in [1.29, 1.82) is 0 Å². The van der Waals surface area contributed by atoms with Crippen LogP contribution in [0.5, 0.6) is 0 Å². The van der Waals surface area contributed by atoms with Gasteiger partial charge in [0.1, 0.15) is 6.10 Å². The lowest BCUT2D eigenvalue weighted by Gasteiger charge is -2.16. The number of rotatable bonds is 7. The Kier molecular flexibility index (Phi) is 6.03. The van der Waals surface area contributed by atoms with Gasteiger partial charge in [0, 0.05) is 20.2 Å². The van der Waals surface area contributed by atoms with Crippen molar-refractivity contribution in [2.45, 2.75) is 37.6 Å². The van der Waals surface area contributed by atoms with Gasteiger partial charge >= 0.3 is 5.97 Å². The van der Waals surface area contributed by atoms with E-state index in [0.29, 0.717) is 13.0 Å². The lowest BCUT2D eigenvalue weighted by molar-refractivity contribution is -0.140. The number of hydrogen-bond acceptors (Lipinski definition) is 5. The maximum atomic E-state index is 11.7. The van der Waals surface area contributed by atoms with Crippen molar-refractivity contribution >= 4 is 11.9 Å². The normalized spacial score (nSPS) is 24.8. The van der Waals surface area contributed by atoms with Crippen molar-refractivity contribution in [2.24, 2.45) is 5.73 Å². The summed E-state index contributed by atoms with van der Waals surface area (Å²) in [5, 5.41) is 11.3. The van der Waals surface area contributed by atoms with Crippen molar-refractivity contribution < 1.29 is 24.2 Å². The molecule has 0 aromatic rings. The predicted octanol–water partition coefficient (Wildman–Crippen LogP) is -0.901. The van der Waals surface area contributed by atoms with Gasteiger partial charge in [-0.2, -0.15) is 0 Å². The van der Waals surface area contributed by atoms with Crippen LogP contribution >= 0.6 is 0 Å². The zero-order valence-corrected chi connectivity index (χ0v) is 10.4. The molecule has 0 spiro atoms. The number of carboxylic acid groups (broad SMARTS) is 1. The average Bonchev–Trinajstić information content (AvgIpc) is 2.82. The van der Waals surface area contributed by atoms with Gasteiger partial charge in [-0.25, -0.2) is 0 Å². The van der Waals surface area contributed by atoms with Gasteiger partial charge in [-0.1, -0.05) is 0 Å². The summed E-state index contributed by atoms with van der Waals surface area (Å²) in [6.07, 6.45) is 0.201. The highest BCUT2D eigenvalue weighted by Crippen LogP contribution is 2.18. The topological polar surface area (TPSA) is 111 Å². The molecule has 1 aliphatic heterocycles. The molecule has 4 N–H and O–H groups in total. The van der Waals surface area contributed by atoms with Crippen LogP contribution in [-0.2, 0) is 19.1 Å². The Bertz CT molecular complexity index is 297. The van der Waals surface area contributed by atoms with Gasteiger partial charge in [0.05, 0.1) is 18.6 Å². The number of amides is 1. The molecule has 3 unspecified atom stereocenters. The minimum atomic E-state index is -0.962. The maximum absolute atomic E-state index is 11.7. The van der Waals surface area contributed by atoms with E-state index >= 15 is 0 Å². The van der Waals surface area contributed by atoms with Crippen LogP contribution in [0.1, 0.15) is 19.3 Å². The lowest BCUT2D eigenvalue weighted by atomic mass is 10.2. The van der Waals surface area contributed by atoms with Crippen LogP contribution in [0.15, 0.2) is 0 Å². The van der Waals surface area contributed by atoms with Crippen LogP contribution in [-0.4, -0.2) is 55.5 Å². The van der Waals surface area contributed by atoms with Crippen LogP contribution in [0.3, 0.4) is 0 Å². The van der Waals surface area contributed by atoms with E-state index in [2.05, 4.69) is 5.32 Å². The van der Waals surface area contributed by atoms with Gasteiger partial charge in [0.2, 0.25) is 5.91 Å². The Labute approximate surface area is 106 Å². The van der Waals surface area contributed by atoms with Crippen LogP contribution in [0, 0.1) is 0 Å². The minimum Gasteiger partial charge on any atom is -0.481 e. The number of methoxy groups -OCH3 is 1. The Morgan fingerprint density at radius 1 is 1.56 bits per heavy atom. The molecular weight excluding hydrogens is 240 g/mol. The van der Waals surface area contributed by atoms with Crippen LogP contribution in [0.2, 0.25) is 0 Å². The molecule has 18 heavy (non-hydrogen) atoms. The van der Waals surface area contributed by atoms with Gasteiger partial charge in [-0.15, -0.1) is 0 Å². The first kappa shape index (κ1) is 14.9. The number of hydrogen-bond donors (Lipinski definition) is 3. The third-order valence-corrected chi connectivity index (χ3v) is 2.90. The number of nitrogens with one attached hydrogen (secondary N) is 1. The molecule has 0 aromatic heterocycles. The molecule has 104 valence electrons. The molecule has 0 bridgehead atoms. The van der Waals surface area contributed by atoms with Gasteiger partial charge in [-0.3, -0.25) is 9.59 Å². The summed E-state index contributed by atoms with van der Waals surface area (Å²) in [5.41, 5.74) is 5.45. The molecule has 1 saturated heterocycles. The van der Waals surface area contributed by atoms with E-state index in [-0.39, 0.29) is 25.0 Å². The largest absolute Gasteiger partial charge is 0.481 e.